The van der Waals surface area contributed by atoms with E-state index < -0.39 is 20.9 Å². The Morgan fingerprint density at radius 2 is 1.85 bits per heavy atom. The summed E-state index contributed by atoms with van der Waals surface area (Å²) >= 11 is 0. The number of rotatable bonds is 6. The Hall–Kier alpha value is -3.14. The Morgan fingerprint density at radius 3 is 2.52 bits per heavy atom. The van der Waals surface area contributed by atoms with Gasteiger partial charge >= 0.3 is 6.01 Å². The molecule has 0 amide bonds. The predicted molar refractivity (Wildman–Crippen MR) is 121 cm³/mol. The normalized spacial score (nSPS) is 14.5. The largest absolute Gasteiger partial charge is 0.421 e. The number of para-hydroxylation sites is 1. The van der Waals surface area contributed by atoms with E-state index in [1.165, 1.54) is 10.6 Å². The molecule has 0 aliphatic heterocycles. The van der Waals surface area contributed by atoms with Gasteiger partial charge in [-0.1, -0.05) is 25.0 Å². The Morgan fingerprint density at radius 1 is 1.12 bits per heavy atom. The van der Waals surface area contributed by atoms with Crippen molar-refractivity contribution in [3.63, 3.8) is 0 Å². The molecule has 174 valence electrons. The number of benzene rings is 1. The predicted octanol–water partition coefficient (Wildman–Crippen LogP) is 3.64. The van der Waals surface area contributed by atoms with Gasteiger partial charge in [-0.3, -0.25) is 4.79 Å². The van der Waals surface area contributed by atoms with Gasteiger partial charge in [0.2, 0.25) is 0 Å². The van der Waals surface area contributed by atoms with Gasteiger partial charge in [0.05, 0.1) is 5.25 Å². The molecular weight excluding hydrogens is 447 g/mol. The van der Waals surface area contributed by atoms with Gasteiger partial charge in [-0.15, -0.1) is 0 Å². The second-order valence-corrected chi connectivity index (χ2v) is 10.7. The standard InChI is InChI=1S/C23H25FN4O4S/c1-14-7-6-10-18(24)20(14)32-23-26-19(13-33(30,31)17-8-4-5-9-17)25-21(27-23)16-11-15(2)22(29)28(3)12-16/h6-7,10-12,17H,4-5,8-9,13H2,1-3H3. The number of halogens is 1. The molecule has 1 aromatic carbocycles. The Labute approximate surface area is 191 Å². The van der Waals surface area contributed by atoms with Gasteiger partial charge in [0, 0.05) is 24.4 Å². The number of sulfone groups is 1. The summed E-state index contributed by atoms with van der Waals surface area (Å²) in [6.45, 7) is 3.35. The highest BCUT2D eigenvalue weighted by atomic mass is 32.2. The van der Waals surface area contributed by atoms with Crippen LogP contribution in [0.2, 0.25) is 0 Å². The molecule has 0 spiro atoms. The summed E-state index contributed by atoms with van der Waals surface area (Å²) in [4.78, 5) is 25.0. The molecule has 0 atom stereocenters. The minimum atomic E-state index is -3.48. The van der Waals surface area contributed by atoms with Crippen molar-refractivity contribution >= 4 is 9.84 Å². The maximum atomic E-state index is 14.4. The Balaban J connectivity index is 1.80. The number of ether oxygens (including phenoxy) is 1. The SMILES string of the molecule is Cc1cccc(F)c1Oc1nc(CS(=O)(=O)C2CCCC2)nc(-c2cc(C)c(=O)n(C)c2)n1. The zero-order valence-electron chi connectivity index (χ0n) is 18.7. The van der Waals surface area contributed by atoms with Gasteiger partial charge in [-0.05, 0) is 44.4 Å². The fraction of sp³-hybridized carbons (Fsp3) is 0.391. The zero-order chi connectivity index (χ0) is 23.8. The number of hydrogen-bond donors (Lipinski definition) is 0. The van der Waals surface area contributed by atoms with Crippen molar-refractivity contribution in [2.24, 2.45) is 7.05 Å². The van der Waals surface area contributed by atoms with Crippen molar-refractivity contribution in [2.75, 3.05) is 0 Å². The average molecular weight is 473 g/mol. The van der Waals surface area contributed by atoms with E-state index in [9.17, 15) is 17.6 Å². The molecule has 0 unspecified atom stereocenters. The highest BCUT2D eigenvalue weighted by molar-refractivity contribution is 7.91. The van der Waals surface area contributed by atoms with Crippen molar-refractivity contribution in [3.8, 4) is 23.1 Å². The van der Waals surface area contributed by atoms with Crippen molar-refractivity contribution in [3.05, 3.63) is 63.6 Å². The first kappa shape index (κ1) is 23.0. The van der Waals surface area contributed by atoms with Crippen LogP contribution in [0, 0.1) is 19.7 Å². The molecule has 0 radical (unpaired) electrons. The molecule has 1 saturated carbocycles. The molecule has 1 aliphatic rings. The van der Waals surface area contributed by atoms with Gasteiger partial charge in [-0.25, -0.2) is 17.8 Å². The van der Waals surface area contributed by atoms with Crippen LogP contribution >= 0.6 is 0 Å². The van der Waals surface area contributed by atoms with E-state index in [0.29, 0.717) is 29.5 Å². The van der Waals surface area contributed by atoms with E-state index in [0.717, 1.165) is 12.8 Å². The average Bonchev–Trinajstić information content (AvgIpc) is 3.30. The fourth-order valence-electron chi connectivity index (χ4n) is 4.02. The van der Waals surface area contributed by atoms with Crippen molar-refractivity contribution < 1.29 is 17.5 Å². The second kappa shape index (κ2) is 9.01. The third-order valence-electron chi connectivity index (χ3n) is 5.78. The fourth-order valence-corrected chi connectivity index (χ4v) is 5.80. The summed E-state index contributed by atoms with van der Waals surface area (Å²) in [6.07, 6.45) is 4.56. The number of pyridine rings is 1. The minimum absolute atomic E-state index is 0.0161. The first-order chi connectivity index (χ1) is 15.6. The molecule has 4 rings (SSSR count). The van der Waals surface area contributed by atoms with Gasteiger partial charge in [0.15, 0.2) is 33.1 Å². The lowest BCUT2D eigenvalue weighted by Gasteiger charge is -2.13. The summed E-state index contributed by atoms with van der Waals surface area (Å²) in [5, 5.41) is -0.421. The second-order valence-electron chi connectivity index (χ2n) is 8.39. The molecule has 10 heteroatoms. The number of aryl methyl sites for hydroxylation is 3. The van der Waals surface area contributed by atoms with E-state index in [1.807, 2.05) is 0 Å². The summed E-state index contributed by atoms with van der Waals surface area (Å²) in [5.74, 6) is -0.845. The van der Waals surface area contributed by atoms with Crippen LogP contribution in [0.1, 0.15) is 42.6 Å². The van der Waals surface area contributed by atoms with Gasteiger partial charge < -0.3 is 9.30 Å². The third-order valence-corrected chi connectivity index (χ3v) is 7.93. The summed E-state index contributed by atoms with van der Waals surface area (Å²) in [6, 6.07) is 5.90. The first-order valence-electron chi connectivity index (χ1n) is 10.7. The zero-order valence-corrected chi connectivity index (χ0v) is 19.5. The Kier molecular flexibility index (Phi) is 6.29. The number of nitrogens with zero attached hydrogens (tertiary/aromatic N) is 4. The van der Waals surface area contributed by atoms with Crippen molar-refractivity contribution in [1.29, 1.82) is 0 Å². The molecule has 3 aromatic rings. The van der Waals surface area contributed by atoms with Crippen LogP contribution in [0.25, 0.3) is 11.4 Å². The van der Waals surface area contributed by atoms with Crippen molar-refractivity contribution in [2.45, 2.75) is 50.5 Å². The van der Waals surface area contributed by atoms with E-state index in [-0.39, 0.29) is 34.7 Å². The summed E-state index contributed by atoms with van der Waals surface area (Å²) in [5.41, 5.74) is 1.33. The topological polar surface area (TPSA) is 104 Å². The van der Waals surface area contributed by atoms with E-state index in [1.54, 1.807) is 45.3 Å². The summed E-state index contributed by atoms with van der Waals surface area (Å²) in [7, 11) is -1.88. The highest BCUT2D eigenvalue weighted by Gasteiger charge is 2.30. The lowest BCUT2D eigenvalue weighted by molar-refractivity contribution is 0.405. The monoisotopic (exact) mass is 472 g/mol. The number of hydrogen-bond acceptors (Lipinski definition) is 7. The lowest BCUT2D eigenvalue weighted by atomic mass is 10.2. The maximum Gasteiger partial charge on any atom is 0.325 e. The van der Waals surface area contributed by atoms with E-state index >= 15 is 0 Å². The van der Waals surface area contributed by atoms with Crippen LogP contribution in [-0.2, 0) is 22.6 Å². The van der Waals surface area contributed by atoms with Crippen LogP contribution in [0.5, 0.6) is 11.8 Å². The molecule has 0 saturated heterocycles. The molecule has 2 heterocycles. The van der Waals surface area contributed by atoms with Crippen LogP contribution in [0.4, 0.5) is 4.39 Å². The molecular formula is C23H25FN4O4S. The van der Waals surface area contributed by atoms with Gasteiger partial charge in [-0.2, -0.15) is 9.97 Å². The van der Waals surface area contributed by atoms with Crippen molar-refractivity contribution in [1.82, 2.24) is 19.5 Å². The molecule has 8 nitrogen and oxygen atoms in total. The van der Waals surface area contributed by atoms with Crippen LogP contribution in [0.3, 0.4) is 0 Å². The molecule has 1 fully saturated rings. The van der Waals surface area contributed by atoms with Crippen LogP contribution in [0.15, 0.2) is 35.3 Å². The molecule has 0 N–H and O–H groups in total. The maximum absolute atomic E-state index is 14.4. The van der Waals surface area contributed by atoms with Gasteiger partial charge in [0.25, 0.3) is 5.56 Å². The highest BCUT2D eigenvalue weighted by Crippen LogP contribution is 2.29. The van der Waals surface area contributed by atoms with Gasteiger partial charge in [0.1, 0.15) is 5.75 Å². The van der Waals surface area contributed by atoms with Crippen LogP contribution in [-0.4, -0.2) is 33.2 Å². The lowest BCUT2D eigenvalue weighted by Crippen LogP contribution is -2.21. The minimum Gasteiger partial charge on any atom is -0.421 e. The van der Waals surface area contributed by atoms with Crippen LogP contribution < -0.4 is 10.3 Å². The Bertz CT molecular complexity index is 1320. The quantitative estimate of drug-likeness (QED) is 0.539. The molecule has 0 bridgehead atoms. The first-order valence-corrected chi connectivity index (χ1v) is 12.4. The van der Waals surface area contributed by atoms with E-state index in [4.69, 9.17) is 4.74 Å². The smallest absolute Gasteiger partial charge is 0.325 e. The van der Waals surface area contributed by atoms with E-state index in [2.05, 4.69) is 15.0 Å². The molecule has 33 heavy (non-hydrogen) atoms. The third kappa shape index (κ3) is 4.95. The molecule has 1 aliphatic carbocycles. The number of aromatic nitrogens is 4. The molecule has 2 aromatic heterocycles. The summed E-state index contributed by atoms with van der Waals surface area (Å²) < 4.78 is 47.3.